The molecule has 0 unspecified atom stereocenters. The van der Waals surface area contributed by atoms with E-state index in [1.165, 1.54) is 18.2 Å². The van der Waals surface area contributed by atoms with Crippen LogP contribution in [0.25, 0.3) is 0 Å². The highest BCUT2D eigenvalue weighted by Crippen LogP contribution is 2.24. The lowest BCUT2D eigenvalue weighted by molar-refractivity contribution is 0.601. The first-order chi connectivity index (χ1) is 9.83. The zero-order valence-electron chi connectivity index (χ0n) is 11.2. The van der Waals surface area contributed by atoms with Gasteiger partial charge in [-0.15, -0.1) is 0 Å². The summed E-state index contributed by atoms with van der Waals surface area (Å²) in [7, 11) is -3.72. The molecule has 112 valence electrons. The Morgan fingerprint density at radius 2 is 1.81 bits per heavy atom. The molecular formula is C14H14Cl2N2O2S. The summed E-state index contributed by atoms with van der Waals surface area (Å²) in [6.07, 6.45) is 0. The number of nitrogens with one attached hydrogen (secondary N) is 1. The molecule has 0 spiro atoms. The number of hydrogen-bond donors (Lipinski definition) is 2. The molecule has 0 atom stereocenters. The van der Waals surface area contributed by atoms with E-state index in [-0.39, 0.29) is 11.4 Å². The van der Waals surface area contributed by atoms with E-state index in [1.807, 2.05) is 6.92 Å². The summed E-state index contributed by atoms with van der Waals surface area (Å²) in [5, 5.41) is 0.934. The van der Waals surface area contributed by atoms with Crippen LogP contribution in [-0.4, -0.2) is 8.42 Å². The van der Waals surface area contributed by atoms with Crippen LogP contribution in [0.2, 0.25) is 10.0 Å². The summed E-state index contributed by atoms with van der Waals surface area (Å²) in [5.41, 5.74) is 7.38. The maximum atomic E-state index is 12.3. The fourth-order valence-corrected chi connectivity index (χ4v) is 3.22. The van der Waals surface area contributed by atoms with Crippen molar-refractivity contribution in [2.45, 2.75) is 18.4 Å². The van der Waals surface area contributed by atoms with E-state index >= 15 is 0 Å². The molecular weight excluding hydrogens is 331 g/mol. The van der Waals surface area contributed by atoms with Crippen LogP contribution < -0.4 is 10.5 Å². The maximum absolute atomic E-state index is 12.3. The summed E-state index contributed by atoms with van der Waals surface area (Å²) < 4.78 is 27.2. The molecule has 2 rings (SSSR count). The number of hydrogen-bond acceptors (Lipinski definition) is 3. The third-order valence-corrected chi connectivity index (χ3v) is 5.13. The van der Waals surface area contributed by atoms with Gasteiger partial charge in [0.2, 0.25) is 0 Å². The molecule has 21 heavy (non-hydrogen) atoms. The van der Waals surface area contributed by atoms with Crippen molar-refractivity contribution in [1.29, 1.82) is 0 Å². The Kier molecular flexibility index (Phi) is 4.78. The number of rotatable bonds is 4. The van der Waals surface area contributed by atoms with Crippen LogP contribution in [-0.2, 0) is 16.6 Å². The van der Waals surface area contributed by atoms with E-state index in [4.69, 9.17) is 28.9 Å². The van der Waals surface area contributed by atoms with Crippen LogP contribution >= 0.6 is 23.2 Å². The highest BCUT2D eigenvalue weighted by atomic mass is 35.5. The van der Waals surface area contributed by atoms with Gasteiger partial charge in [0.05, 0.1) is 10.6 Å². The van der Waals surface area contributed by atoms with Gasteiger partial charge in [-0.2, -0.15) is 0 Å². The average Bonchev–Trinajstić information content (AvgIpc) is 2.43. The standard InChI is InChI=1S/C14H14Cl2N2O2S/c1-9-2-3-11(7-14(9)16)18-21(19,20)12-4-5-13(15)10(6-12)8-17/h2-7,18H,8,17H2,1H3. The van der Waals surface area contributed by atoms with Gasteiger partial charge in [-0.1, -0.05) is 29.3 Å². The highest BCUT2D eigenvalue weighted by molar-refractivity contribution is 7.92. The van der Waals surface area contributed by atoms with Crippen LogP contribution in [0, 0.1) is 6.92 Å². The molecule has 0 saturated carbocycles. The Balaban J connectivity index is 2.35. The molecule has 0 aromatic heterocycles. The van der Waals surface area contributed by atoms with Gasteiger partial charge < -0.3 is 5.73 Å². The third-order valence-electron chi connectivity index (χ3n) is 2.97. The largest absolute Gasteiger partial charge is 0.326 e. The van der Waals surface area contributed by atoms with Crippen molar-refractivity contribution in [2.75, 3.05) is 4.72 Å². The van der Waals surface area contributed by atoms with Crippen molar-refractivity contribution in [2.24, 2.45) is 5.73 Å². The van der Waals surface area contributed by atoms with Crippen LogP contribution in [0.3, 0.4) is 0 Å². The highest BCUT2D eigenvalue weighted by Gasteiger charge is 2.16. The van der Waals surface area contributed by atoms with E-state index in [9.17, 15) is 8.42 Å². The molecule has 0 heterocycles. The van der Waals surface area contributed by atoms with Gasteiger partial charge in [-0.05, 0) is 48.4 Å². The minimum Gasteiger partial charge on any atom is -0.326 e. The van der Waals surface area contributed by atoms with E-state index < -0.39 is 10.0 Å². The summed E-state index contributed by atoms with van der Waals surface area (Å²) in [6, 6.07) is 9.36. The van der Waals surface area contributed by atoms with Crippen LogP contribution in [0.1, 0.15) is 11.1 Å². The zero-order valence-corrected chi connectivity index (χ0v) is 13.6. The van der Waals surface area contributed by atoms with Crippen LogP contribution in [0.4, 0.5) is 5.69 Å². The summed E-state index contributed by atoms with van der Waals surface area (Å²) >= 11 is 11.9. The number of nitrogens with two attached hydrogens (primary N) is 1. The lowest BCUT2D eigenvalue weighted by atomic mass is 10.2. The van der Waals surface area contributed by atoms with Gasteiger partial charge in [0.15, 0.2) is 0 Å². The van der Waals surface area contributed by atoms with Crippen molar-refractivity contribution >= 4 is 38.9 Å². The summed E-state index contributed by atoms with van der Waals surface area (Å²) in [6.45, 7) is 2.01. The Morgan fingerprint density at radius 3 is 2.43 bits per heavy atom. The fourth-order valence-electron chi connectivity index (χ4n) is 1.75. The second-order valence-electron chi connectivity index (χ2n) is 4.53. The first kappa shape index (κ1) is 16.1. The minimum absolute atomic E-state index is 0.101. The smallest absolute Gasteiger partial charge is 0.261 e. The van der Waals surface area contributed by atoms with Crippen molar-refractivity contribution in [3.8, 4) is 0 Å². The lowest BCUT2D eigenvalue weighted by Gasteiger charge is -2.11. The Labute approximate surface area is 133 Å². The Morgan fingerprint density at radius 1 is 1.10 bits per heavy atom. The number of aryl methyl sites for hydroxylation is 1. The number of anilines is 1. The maximum Gasteiger partial charge on any atom is 0.261 e. The summed E-state index contributed by atoms with van der Waals surface area (Å²) in [5.74, 6) is 0. The molecule has 2 aromatic rings. The minimum atomic E-state index is -3.72. The summed E-state index contributed by atoms with van der Waals surface area (Å²) in [4.78, 5) is 0.101. The van der Waals surface area contributed by atoms with Crippen LogP contribution in [0.5, 0.6) is 0 Å². The lowest BCUT2D eigenvalue weighted by Crippen LogP contribution is -2.13. The molecule has 0 aliphatic rings. The number of sulfonamides is 1. The van der Waals surface area contributed by atoms with Crippen molar-refractivity contribution < 1.29 is 8.42 Å². The van der Waals surface area contributed by atoms with Gasteiger partial charge in [0, 0.05) is 16.6 Å². The Bertz CT molecular complexity index is 777. The van der Waals surface area contributed by atoms with Gasteiger partial charge in [-0.3, -0.25) is 4.72 Å². The van der Waals surface area contributed by atoms with Gasteiger partial charge in [0.25, 0.3) is 10.0 Å². The zero-order chi connectivity index (χ0) is 15.6. The first-order valence-corrected chi connectivity index (χ1v) is 8.35. The quantitative estimate of drug-likeness (QED) is 0.890. The predicted molar refractivity (Wildman–Crippen MR) is 86.3 cm³/mol. The normalized spacial score (nSPS) is 11.4. The molecule has 2 aromatic carbocycles. The first-order valence-electron chi connectivity index (χ1n) is 6.11. The third kappa shape index (κ3) is 3.68. The fraction of sp³-hybridized carbons (Fsp3) is 0.143. The molecule has 0 saturated heterocycles. The van der Waals surface area contributed by atoms with Crippen molar-refractivity contribution in [3.05, 3.63) is 57.6 Å². The molecule has 4 nitrogen and oxygen atoms in total. The molecule has 0 aliphatic heterocycles. The topological polar surface area (TPSA) is 72.2 Å². The molecule has 0 amide bonds. The molecule has 0 radical (unpaired) electrons. The second-order valence-corrected chi connectivity index (χ2v) is 7.02. The molecule has 0 bridgehead atoms. The SMILES string of the molecule is Cc1ccc(NS(=O)(=O)c2ccc(Cl)c(CN)c2)cc1Cl. The van der Waals surface area contributed by atoms with E-state index in [0.717, 1.165) is 5.56 Å². The van der Waals surface area contributed by atoms with E-state index in [1.54, 1.807) is 18.2 Å². The molecule has 3 N–H and O–H groups in total. The van der Waals surface area contributed by atoms with Gasteiger partial charge in [0.1, 0.15) is 0 Å². The average molecular weight is 345 g/mol. The van der Waals surface area contributed by atoms with Crippen molar-refractivity contribution in [3.63, 3.8) is 0 Å². The van der Waals surface area contributed by atoms with E-state index in [2.05, 4.69) is 4.72 Å². The number of halogens is 2. The molecule has 0 aliphatic carbocycles. The van der Waals surface area contributed by atoms with Crippen LogP contribution in [0.15, 0.2) is 41.3 Å². The monoisotopic (exact) mass is 344 g/mol. The number of benzene rings is 2. The van der Waals surface area contributed by atoms with E-state index in [0.29, 0.717) is 21.3 Å². The second kappa shape index (κ2) is 6.23. The van der Waals surface area contributed by atoms with Gasteiger partial charge in [-0.25, -0.2) is 8.42 Å². The van der Waals surface area contributed by atoms with Crippen molar-refractivity contribution in [1.82, 2.24) is 0 Å². The predicted octanol–water partition coefficient (Wildman–Crippen LogP) is 3.56. The molecule has 0 fully saturated rings. The Hall–Kier alpha value is -1.27. The van der Waals surface area contributed by atoms with Gasteiger partial charge >= 0.3 is 0 Å². The molecule has 7 heteroatoms.